The van der Waals surface area contributed by atoms with E-state index < -0.39 is 29.1 Å². The Morgan fingerprint density at radius 3 is 2.59 bits per heavy atom. The number of halogens is 3. The number of nitrogens with zero attached hydrogens (tertiary/aromatic N) is 3. The summed E-state index contributed by atoms with van der Waals surface area (Å²) in [5.74, 6) is -1.03. The zero-order chi connectivity index (χ0) is 21.3. The molecule has 3 rings (SSSR count). The Morgan fingerprint density at radius 2 is 1.93 bits per heavy atom. The van der Waals surface area contributed by atoms with Gasteiger partial charge in [0.1, 0.15) is 11.5 Å². The predicted octanol–water partition coefficient (Wildman–Crippen LogP) is 3.69. The third-order valence-corrected chi connectivity index (χ3v) is 6.42. The van der Waals surface area contributed by atoms with Crippen molar-refractivity contribution in [3.8, 4) is 0 Å². The Morgan fingerprint density at radius 1 is 1.24 bits per heavy atom. The molecule has 0 saturated carbocycles. The third kappa shape index (κ3) is 4.09. The second kappa shape index (κ2) is 8.05. The van der Waals surface area contributed by atoms with Gasteiger partial charge in [-0.3, -0.25) is 4.57 Å². The van der Waals surface area contributed by atoms with Crippen molar-refractivity contribution in [2.24, 2.45) is 0 Å². The topological polar surface area (TPSA) is 81.5 Å². The molecule has 3 aromatic rings. The fraction of sp³-hybridized carbons (Fsp3) is 0.222. The number of sulfonamides is 1. The summed E-state index contributed by atoms with van der Waals surface area (Å²) >= 11 is 5.95. The zero-order valence-electron chi connectivity index (χ0n) is 15.3. The minimum atomic E-state index is -3.89. The molecule has 0 aliphatic rings. The summed E-state index contributed by atoms with van der Waals surface area (Å²) in [7, 11) is -1.24. The molecule has 154 valence electrons. The van der Waals surface area contributed by atoms with Crippen LogP contribution < -0.4 is 0 Å². The van der Waals surface area contributed by atoms with Crippen LogP contribution in [0.25, 0.3) is 11.0 Å². The molecule has 2 aromatic carbocycles. The lowest BCUT2D eigenvalue weighted by Gasteiger charge is -2.14. The minimum absolute atomic E-state index is 0.0604. The highest BCUT2D eigenvalue weighted by Gasteiger charge is 2.24. The number of rotatable bonds is 6. The normalized spacial score (nSPS) is 12.1. The quantitative estimate of drug-likeness (QED) is 0.543. The van der Waals surface area contributed by atoms with Crippen molar-refractivity contribution in [3.63, 3.8) is 0 Å². The summed E-state index contributed by atoms with van der Waals surface area (Å²) in [6, 6.07) is 9.92. The van der Waals surface area contributed by atoms with Crippen molar-refractivity contribution < 1.29 is 26.7 Å². The molecule has 0 radical (unpaired) electrons. The maximum absolute atomic E-state index is 13.4. The molecule has 0 amide bonds. The van der Waals surface area contributed by atoms with Crippen molar-refractivity contribution >= 4 is 38.6 Å². The summed E-state index contributed by atoms with van der Waals surface area (Å²) in [5.41, 5.74) is 0.457. The van der Waals surface area contributed by atoms with Crippen LogP contribution in [0.4, 0.5) is 8.78 Å². The van der Waals surface area contributed by atoms with Gasteiger partial charge < -0.3 is 4.74 Å². The van der Waals surface area contributed by atoms with Gasteiger partial charge in [-0.05, 0) is 30.3 Å². The van der Waals surface area contributed by atoms with E-state index in [9.17, 15) is 22.0 Å². The van der Waals surface area contributed by atoms with E-state index in [1.165, 1.54) is 32.3 Å². The number of carbonyl (C=O) groups excluding carboxylic acids is 1. The van der Waals surface area contributed by atoms with Crippen molar-refractivity contribution in [1.82, 2.24) is 13.9 Å². The average molecular weight is 444 g/mol. The minimum Gasteiger partial charge on any atom is -0.454 e. The number of hydrogen-bond acceptors (Lipinski definition) is 5. The van der Waals surface area contributed by atoms with Crippen molar-refractivity contribution in [2.45, 2.75) is 18.1 Å². The smallest absolute Gasteiger partial charge is 0.338 e. The molecule has 0 N–H and O–H groups in total. The maximum atomic E-state index is 13.4. The molecule has 0 aliphatic carbocycles. The Kier molecular flexibility index (Phi) is 5.87. The van der Waals surface area contributed by atoms with E-state index in [4.69, 9.17) is 16.3 Å². The molecule has 0 bridgehead atoms. The fourth-order valence-corrected chi connectivity index (χ4v) is 4.05. The molecule has 11 heteroatoms. The van der Waals surface area contributed by atoms with Crippen LogP contribution in [0.15, 0.2) is 47.4 Å². The molecule has 0 spiro atoms. The van der Waals surface area contributed by atoms with Crippen LogP contribution >= 0.6 is 11.6 Å². The number of esters is 1. The Labute approximate surface area is 170 Å². The Hall–Kier alpha value is -2.56. The molecule has 0 aliphatic heterocycles. The van der Waals surface area contributed by atoms with Crippen molar-refractivity contribution in [3.05, 3.63) is 58.9 Å². The van der Waals surface area contributed by atoms with Gasteiger partial charge in [0, 0.05) is 14.1 Å². The molecule has 0 fully saturated rings. The summed E-state index contributed by atoms with van der Waals surface area (Å²) in [4.78, 5) is 16.2. The molecule has 1 aromatic heterocycles. The Bertz CT molecular complexity index is 1180. The van der Waals surface area contributed by atoms with Gasteiger partial charge in [-0.1, -0.05) is 23.7 Å². The third-order valence-electron chi connectivity index (χ3n) is 4.12. The summed E-state index contributed by atoms with van der Waals surface area (Å²) < 4.78 is 58.2. The molecule has 0 saturated heterocycles. The van der Waals surface area contributed by atoms with Gasteiger partial charge in [0.15, 0.2) is 5.82 Å². The standard InChI is InChI=1S/C18H16ClF2N3O4S/c1-23(2)29(26,27)15-9-11(7-8-12(15)19)17(25)28-10-16-22-13-5-3-4-6-14(13)24(16)18(20)21/h3-9,18H,10H2,1-2H3. The van der Waals surface area contributed by atoms with Gasteiger partial charge in [-0.25, -0.2) is 22.5 Å². The number of para-hydroxylation sites is 2. The lowest BCUT2D eigenvalue weighted by molar-refractivity contribution is 0.0387. The Balaban J connectivity index is 1.87. The largest absolute Gasteiger partial charge is 0.454 e. The highest BCUT2D eigenvalue weighted by molar-refractivity contribution is 7.89. The van der Waals surface area contributed by atoms with Crippen LogP contribution in [0.1, 0.15) is 22.7 Å². The van der Waals surface area contributed by atoms with Crippen LogP contribution in [0.3, 0.4) is 0 Å². The number of ether oxygens (including phenoxy) is 1. The first-order valence-electron chi connectivity index (χ1n) is 8.26. The highest BCUT2D eigenvalue weighted by Crippen LogP contribution is 2.26. The maximum Gasteiger partial charge on any atom is 0.338 e. The second-order valence-corrected chi connectivity index (χ2v) is 8.70. The number of benzene rings is 2. The number of imidazole rings is 1. The molecule has 29 heavy (non-hydrogen) atoms. The predicted molar refractivity (Wildman–Crippen MR) is 102 cm³/mol. The number of alkyl halides is 2. The van der Waals surface area contributed by atoms with E-state index in [1.807, 2.05) is 0 Å². The van der Waals surface area contributed by atoms with Crippen LogP contribution in [-0.4, -0.2) is 42.3 Å². The number of carbonyl (C=O) groups is 1. The van der Waals surface area contributed by atoms with Gasteiger partial charge >= 0.3 is 12.5 Å². The monoisotopic (exact) mass is 443 g/mol. The highest BCUT2D eigenvalue weighted by atomic mass is 35.5. The van der Waals surface area contributed by atoms with Crippen molar-refractivity contribution in [2.75, 3.05) is 14.1 Å². The van der Waals surface area contributed by atoms with E-state index >= 15 is 0 Å². The zero-order valence-corrected chi connectivity index (χ0v) is 16.9. The van der Waals surface area contributed by atoms with Crippen LogP contribution in [-0.2, 0) is 21.4 Å². The van der Waals surface area contributed by atoms with E-state index in [0.717, 1.165) is 10.4 Å². The molecular formula is C18H16ClF2N3O4S. The van der Waals surface area contributed by atoms with E-state index in [0.29, 0.717) is 10.1 Å². The van der Waals surface area contributed by atoms with E-state index in [2.05, 4.69) is 4.98 Å². The molecule has 0 unspecified atom stereocenters. The van der Waals surface area contributed by atoms with Crippen LogP contribution in [0.2, 0.25) is 5.02 Å². The van der Waals surface area contributed by atoms with Gasteiger partial charge in [-0.2, -0.15) is 8.78 Å². The average Bonchev–Trinajstić information content (AvgIpc) is 3.04. The van der Waals surface area contributed by atoms with Gasteiger partial charge in [0.25, 0.3) is 0 Å². The first-order valence-corrected chi connectivity index (χ1v) is 10.1. The SMILES string of the molecule is CN(C)S(=O)(=O)c1cc(C(=O)OCc2nc3ccccc3n2C(F)F)ccc1Cl. The van der Waals surface area contributed by atoms with Gasteiger partial charge in [-0.15, -0.1) is 0 Å². The summed E-state index contributed by atoms with van der Waals surface area (Å²) in [6.07, 6.45) is 0. The van der Waals surface area contributed by atoms with Crippen molar-refractivity contribution in [1.29, 1.82) is 0 Å². The molecular weight excluding hydrogens is 428 g/mol. The van der Waals surface area contributed by atoms with Gasteiger partial charge in [0.2, 0.25) is 10.0 Å². The number of fused-ring (bicyclic) bond motifs is 1. The second-order valence-electron chi connectivity index (χ2n) is 6.17. The molecule has 7 nitrogen and oxygen atoms in total. The number of hydrogen-bond donors (Lipinski definition) is 0. The van der Waals surface area contributed by atoms with Crippen LogP contribution in [0, 0.1) is 0 Å². The van der Waals surface area contributed by atoms with Crippen LogP contribution in [0.5, 0.6) is 0 Å². The number of aromatic nitrogens is 2. The first kappa shape index (κ1) is 21.2. The fourth-order valence-electron chi connectivity index (χ4n) is 2.65. The first-order chi connectivity index (χ1) is 13.6. The van der Waals surface area contributed by atoms with Gasteiger partial charge in [0.05, 0.1) is 21.6 Å². The van der Waals surface area contributed by atoms with E-state index in [-0.39, 0.29) is 26.8 Å². The van der Waals surface area contributed by atoms with E-state index in [1.54, 1.807) is 18.2 Å². The summed E-state index contributed by atoms with van der Waals surface area (Å²) in [5, 5.41) is -0.0604. The summed E-state index contributed by atoms with van der Waals surface area (Å²) in [6.45, 7) is -3.39. The molecule has 1 heterocycles. The molecule has 0 atom stereocenters. The lowest BCUT2D eigenvalue weighted by Crippen LogP contribution is -2.23. The lowest BCUT2D eigenvalue weighted by atomic mass is 10.2.